The van der Waals surface area contributed by atoms with Crippen molar-refractivity contribution in [3.8, 4) is 5.69 Å². The van der Waals surface area contributed by atoms with Crippen LogP contribution in [0.15, 0.2) is 36.5 Å². The maximum absolute atomic E-state index is 4.55. The molecular formula is C15H21N3. The predicted molar refractivity (Wildman–Crippen MR) is 75.0 cm³/mol. The molecule has 0 spiro atoms. The smallest absolute Gasteiger partial charge is 0.0766 e. The lowest BCUT2D eigenvalue weighted by atomic mass is 10.0. The van der Waals surface area contributed by atoms with Gasteiger partial charge in [-0.25, -0.2) is 4.68 Å². The third kappa shape index (κ3) is 2.99. The summed E-state index contributed by atoms with van der Waals surface area (Å²) < 4.78 is 1.93. The summed E-state index contributed by atoms with van der Waals surface area (Å²) in [5.41, 5.74) is 3.55. The molecule has 2 rings (SSSR count). The first-order chi connectivity index (χ1) is 8.70. The van der Waals surface area contributed by atoms with E-state index in [1.807, 2.05) is 10.9 Å². The van der Waals surface area contributed by atoms with Gasteiger partial charge in [-0.1, -0.05) is 32.9 Å². The zero-order chi connectivity index (χ0) is 13.0. The quantitative estimate of drug-likeness (QED) is 0.874. The highest BCUT2D eigenvalue weighted by atomic mass is 15.3. The molecule has 1 aromatic carbocycles. The highest BCUT2D eigenvalue weighted by Gasteiger charge is 2.02. The maximum atomic E-state index is 4.55. The fourth-order valence-electron chi connectivity index (χ4n) is 1.86. The number of aromatic nitrogens is 2. The fraction of sp³-hybridized carbons (Fsp3) is 0.400. The molecule has 0 aliphatic heterocycles. The monoisotopic (exact) mass is 243 g/mol. The second-order valence-electron chi connectivity index (χ2n) is 4.78. The molecule has 96 valence electrons. The van der Waals surface area contributed by atoms with Gasteiger partial charge in [0, 0.05) is 12.7 Å². The zero-order valence-corrected chi connectivity index (χ0v) is 11.4. The Kier molecular flexibility index (Phi) is 4.15. The van der Waals surface area contributed by atoms with Crippen LogP contribution in [0.2, 0.25) is 0 Å². The summed E-state index contributed by atoms with van der Waals surface area (Å²) in [6.07, 6.45) is 2.01. The van der Waals surface area contributed by atoms with Crippen LogP contribution in [-0.2, 0) is 6.54 Å². The van der Waals surface area contributed by atoms with Crippen LogP contribution >= 0.6 is 0 Å². The van der Waals surface area contributed by atoms with E-state index < -0.39 is 0 Å². The SMILES string of the molecule is CCNCc1ccn(-c2ccc(C(C)C)cc2)n1. The molecule has 3 heteroatoms. The third-order valence-electron chi connectivity index (χ3n) is 3.02. The Morgan fingerprint density at radius 1 is 1.17 bits per heavy atom. The summed E-state index contributed by atoms with van der Waals surface area (Å²) >= 11 is 0. The van der Waals surface area contributed by atoms with Crippen LogP contribution in [0.4, 0.5) is 0 Å². The summed E-state index contributed by atoms with van der Waals surface area (Å²) in [5.74, 6) is 0.570. The molecule has 0 fully saturated rings. The summed E-state index contributed by atoms with van der Waals surface area (Å²) in [7, 11) is 0. The van der Waals surface area contributed by atoms with Crippen LogP contribution in [0, 0.1) is 0 Å². The molecule has 0 saturated carbocycles. The molecule has 2 aromatic rings. The average molecular weight is 243 g/mol. The number of benzene rings is 1. The molecule has 0 unspecified atom stereocenters. The molecule has 0 atom stereocenters. The van der Waals surface area contributed by atoms with E-state index in [-0.39, 0.29) is 0 Å². The van der Waals surface area contributed by atoms with Gasteiger partial charge < -0.3 is 5.32 Å². The van der Waals surface area contributed by atoms with Crippen molar-refractivity contribution in [1.29, 1.82) is 0 Å². The van der Waals surface area contributed by atoms with Crippen molar-refractivity contribution in [3.05, 3.63) is 47.8 Å². The molecule has 1 heterocycles. The Bertz CT molecular complexity index is 483. The second kappa shape index (κ2) is 5.83. The van der Waals surface area contributed by atoms with E-state index in [1.54, 1.807) is 0 Å². The predicted octanol–water partition coefficient (Wildman–Crippen LogP) is 3.11. The van der Waals surface area contributed by atoms with Crippen LogP contribution in [-0.4, -0.2) is 16.3 Å². The van der Waals surface area contributed by atoms with Crippen molar-refractivity contribution in [1.82, 2.24) is 15.1 Å². The topological polar surface area (TPSA) is 29.9 Å². The minimum atomic E-state index is 0.570. The van der Waals surface area contributed by atoms with E-state index in [1.165, 1.54) is 5.56 Å². The molecular weight excluding hydrogens is 222 g/mol. The van der Waals surface area contributed by atoms with Crippen molar-refractivity contribution in [2.24, 2.45) is 0 Å². The average Bonchev–Trinajstić information content (AvgIpc) is 2.85. The maximum Gasteiger partial charge on any atom is 0.0766 e. The van der Waals surface area contributed by atoms with Crippen LogP contribution in [0.1, 0.15) is 37.9 Å². The molecule has 18 heavy (non-hydrogen) atoms. The lowest BCUT2D eigenvalue weighted by Gasteiger charge is -2.06. The molecule has 1 N–H and O–H groups in total. The summed E-state index contributed by atoms with van der Waals surface area (Å²) in [4.78, 5) is 0. The molecule has 1 aromatic heterocycles. The van der Waals surface area contributed by atoms with E-state index in [4.69, 9.17) is 0 Å². The van der Waals surface area contributed by atoms with Gasteiger partial charge in [0.25, 0.3) is 0 Å². The first-order valence-electron chi connectivity index (χ1n) is 6.56. The summed E-state index contributed by atoms with van der Waals surface area (Å²) in [6.45, 7) is 8.31. The van der Waals surface area contributed by atoms with Crippen LogP contribution in [0.5, 0.6) is 0 Å². The minimum absolute atomic E-state index is 0.570. The molecule has 0 bridgehead atoms. The van der Waals surface area contributed by atoms with Crippen molar-refractivity contribution in [2.75, 3.05) is 6.54 Å². The van der Waals surface area contributed by atoms with Gasteiger partial charge in [-0.2, -0.15) is 5.10 Å². The lowest BCUT2D eigenvalue weighted by molar-refractivity contribution is 0.696. The number of nitrogens with one attached hydrogen (secondary N) is 1. The number of nitrogens with zero attached hydrogens (tertiary/aromatic N) is 2. The Morgan fingerprint density at radius 2 is 1.89 bits per heavy atom. The Morgan fingerprint density at radius 3 is 2.50 bits per heavy atom. The Balaban J connectivity index is 2.13. The fourth-order valence-corrected chi connectivity index (χ4v) is 1.86. The van der Waals surface area contributed by atoms with Crippen molar-refractivity contribution in [3.63, 3.8) is 0 Å². The molecule has 3 nitrogen and oxygen atoms in total. The highest BCUT2D eigenvalue weighted by Crippen LogP contribution is 2.16. The number of rotatable bonds is 5. The Labute approximate surface area is 109 Å². The normalized spacial score (nSPS) is 11.1. The largest absolute Gasteiger partial charge is 0.311 e. The van der Waals surface area contributed by atoms with Crippen molar-refractivity contribution >= 4 is 0 Å². The second-order valence-corrected chi connectivity index (χ2v) is 4.78. The lowest BCUT2D eigenvalue weighted by Crippen LogP contribution is -2.12. The van der Waals surface area contributed by atoms with E-state index in [2.05, 4.69) is 61.5 Å². The molecule has 0 aliphatic carbocycles. The first kappa shape index (κ1) is 12.8. The van der Waals surface area contributed by atoms with Gasteiger partial charge in [0.1, 0.15) is 0 Å². The number of hydrogen-bond donors (Lipinski definition) is 1. The molecule has 0 radical (unpaired) electrons. The summed E-state index contributed by atoms with van der Waals surface area (Å²) in [5, 5.41) is 7.82. The summed E-state index contributed by atoms with van der Waals surface area (Å²) in [6, 6.07) is 10.6. The Hall–Kier alpha value is -1.61. The highest BCUT2D eigenvalue weighted by molar-refractivity contribution is 5.35. The van der Waals surface area contributed by atoms with Gasteiger partial charge in [-0.15, -0.1) is 0 Å². The van der Waals surface area contributed by atoms with Crippen molar-refractivity contribution in [2.45, 2.75) is 33.2 Å². The standard InChI is InChI=1S/C15H21N3/c1-4-16-11-14-9-10-18(17-14)15-7-5-13(6-8-15)12(2)3/h5-10,12,16H,4,11H2,1-3H3. The van der Waals surface area contributed by atoms with Gasteiger partial charge in [-0.05, 0) is 36.2 Å². The van der Waals surface area contributed by atoms with Gasteiger partial charge in [0.2, 0.25) is 0 Å². The van der Waals surface area contributed by atoms with E-state index in [9.17, 15) is 0 Å². The molecule has 0 aliphatic rings. The van der Waals surface area contributed by atoms with Crippen LogP contribution in [0.25, 0.3) is 5.69 Å². The zero-order valence-electron chi connectivity index (χ0n) is 11.4. The number of hydrogen-bond acceptors (Lipinski definition) is 2. The third-order valence-corrected chi connectivity index (χ3v) is 3.02. The van der Waals surface area contributed by atoms with Gasteiger partial charge in [-0.3, -0.25) is 0 Å². The van der Waals surface area contributed by atoms with Gasteiger partial charge in [0.05, 0.1) is 11.4 Å². The van der Waals surface area contributed by atoms with Crippen LogP contribution in [0.3, 0.4) is 0 Å². The van der Waals surface area contributed by atoms with E-state index in [0.29, 0.717) is 5.92 Å². The minimum Gasteiger partial charge on any atom is -0.311 e. The van der Waals surface area contributed by atoms with Crippen molar-refractivity contribution < 1.29 is 0 Å². The molecule has 0 amide bonds. The van der Waals surface area contributed by atoms with Crippen LogP contribution < -0.4 is 5.32 Å². The van der Waals surface area contributed by atoms with Gasteiger partial charge in [0.15, 0.2) is 0 Å². The van der Waals surface area contributed by atoms with E-state index >= 15 is 0 Å². The van der Waals surface area contributed by atoms with Gasteiger partial charge >= 0.3 is 0 Å². The first-order valence-corrected chi connectivity index (χ1v) is 6.56. The molecule has 0 saturated heterocycles. The van der Waals surface area contributed by atoms with E-state index in [0.717, 1.165) is 24.5 Å².